The molecule has 3 aromatic heterocycles. The molecule has 96 valence electrons. The number of aryl methyl sites for hydroxylation is 1. The number of H-pyrrole nitrogens is 1. The van der Waals surface area contributed by atoms with E-state index in [9.17, 15) is 0 Å². The molecule has 0 fully saturated rings. The molecule has 3 aromatic rings. The van der Waals surface area contributed by atoms with E-state index < -0.39 is 0 Å². The van der Waals surface area contributed by atoms with Gasteiger partial charge in [-0.3, -0.25) is 15.1 Å². The highest BCUT2D eigenvalue weighted by Crippen LogP contribution is 2.16. The normalized spacial score (nSPS) is 11.0. The average Bonchev–Trinajstić information content (AvgIpc) is 2.85. The van der Waals surface area contributed by atoms with Gasteiger partial charge in [0.05, 0.1) is 11.9 Å². The van der Waals surface area contributed by atoms with Crippen molar-refractivity contribution in [1.82, 2.24) is 24.6 Å². The van der Waals surface area contributed by atoms with E-state index in [1.54, 1.807) is 23.1 Å². The van der Waals surface area contributed by atoms with Crippen LogP contribution >= 0.6 is 12.2 Å². The summed E-state index contributed by atoms with van der Waals surface area (Å²) >= 11 is 5.37. The largest absolute Gasteiger partial charge is 0.289 e. The molecule has 19 heavy (non-hydrogen) atoms. The van der Waals surface area contributed by atoms with Gasteiger partial charge in [0, 0.05) is 24.2 Å². The molecule has 0 saturated carbocycles. The molecule has 3 heterocycles. The van der Waals surface area contributed by atoms with Gasteiger partial charge in [-0.05, 0) is 12.5 Å². The maximum Gasteiger partial charge on any atom is 0.155 e. The van der Waals surface area contributed by atoms with E-state index in [4.69, 9.17) is 12.2 Å². The van der Waals surface area contributed by atoms with Crippen LogP contribution in [0.3, 0.4) is 0 Å². The van der Waals surface area contributed by atoms with Gasteiger partial charge in [0.25, 0.3) is 0 Å². The molecule has 1 N–H and O–H groups in total. The van der Waals surface area contributed by atoms with Crippen LogP contribution in [0.4, 0.5) is 0 Å². The van der Waals surface area contributed by atoms with Crippen molar-refractivity contribution in [3.8, 4) is 11.4 Å². The molecule has 0 aliphatic rings. The summed E-state index contributed by atoms with van der Waals surface area (Å²) in [4.78, 5) is 12.9. The number of aromatic amines is 1. The Bertz CT molecular complexity index is 760. The quantitative estimate of drug-likeness (QED) is 0.744. The van der Waals surface area contributed by atoms with Crippen molar-refractivity contribution in [2.24, 2.45) is 0 Å². The van der Waals surface area contributed by atoms with Crippen LogP contribution in [-0.2, 0) is 6.42 Å². The smallest absolute Gasteiger partial charge is 0.155 e. The minimum absolute atomic E-state index is 0.726. The summed E-state index contributed by atoms with van der Waals surface area (Å²) in [6, 6.07) is 3.88. The van der Waals surface area contributed by atoms with Crippen molar-refractivity contribution in [3.05, 3.63) is 41.1 Å². The number of nitrogens with zero attached hydrogens (tertiary/aromatic N) is 4. The second-order valence-electron chi connectivity index (χ2n) is 4.29. The lowest BCUT2D eigenvalue weighted by molar-refractivity contribution is 0.852. The molecule has 0 aliphatic carbocycles. The molecule has 0 aromatic carbocycles. The van der Waals surface area contributed by atoms with Crippen LogP contribution < -0.4 is 0 Å². The van der Waals surface area contributed by atoms with E-state index in [0.29, 0.717) is 0 Å². The van der Waals surface area contributed by atoms with Gasteiger partial charge in [0.15, 0.2) is 5.65 Å². The van der Waals surface area contributed by atoms with E-state index in [2.05, 4.69) is 27.0 Å². The van der Waals surface area contributed by atoms with Crippen LogP contribution in [-0.4, -0.2) is 24.6 Å². The summed E-state index contributed by atoms with van der Waals surface area (Å²) in [5.41, 5.74) is 3.48. The monoisotopic (exact) mass is 271 g/mol. The number of fused-ring (bicyclic) bond motifs is 1. The molecule has 0 saturated heterocycles. The Labute approximate surface area is 115 Å². The molecular weight excluding hydrogens is 258 g/mol. The molecule has 5 nitrogen and oxygen atoms in total. The lowest BCUT2D eigenvalue weighted by Crippen LogP contribution is -1.97. The van der Waals surface area contributed by atoms with E-state index >= 15 is 0 Å². The summed E-state index contributed by atoms with van der Waals surface area (Å²) in [5.74, 6) is 0. The van der Waals surface area contributed by atoms with E-state index in [-0.39, 0.29) is 0 Å². The molecule has 0 spiro atoms. The van der Waals surface area contributed by atoms with Crippen LogP contribution in [0.25, 0.3) is 17.0 Å². The number of hydrogen-bond donors (Lipinski definition) is 1. The second kappa shape index (κ2) is 4.89. The summed E-state index contributed by atoms with van der Waals surface area (Å²) in [6.45, 7) is 2.13. The zero-order valence-electron chi connectivity index (χ0n) is 10.5. The van der Waals surface area contributed by atoms with Crippen molar-refractivity contribution in [2.45, 2.75) is 19.8 Å². The first-order chi connectivity index (χ1) is 9.28. The van der Waals surface area contributed by atoms with Crippen LogP contribution in [0.5, 0.6) is 0 Å². The zero-order valence-corrected chi connectivity index (χ0v) is 11.3. The van der Waals surface area contributed by atoms with Gasteiger partial charge < -0.3 is 0 Å². The van der Waals surface area contributed by atoms with Gasteiger partial charge in [0.1, 0.15) is 10.3 Å². The van der Waals surface area contributed by atoms with Gasteiger partial charge in [-0.2, -0.15) is 0 Å². The number of aromatic nitrogens is 5. The molecule has 0 unspecified atom stereocenters. The predicted molar refractivity (Wildman–Crippen MR) is 75.4 cm³/mol. The highest BCUT2D eigenvalue weighted by atomic mass is 32.1. The molecular formula is C13H13N5S. The Morgan fingerprint density at radius 1 is 1.32 bits per heavy atom. The Kier molecular flexibility index (Phi) is 3.08. The average molecular weight is 271 g/mol. The SMILES string of the molecule is CCCc1cc(=S)n2[nH]c(-c3cnccn3)cc2n1. The lowest BCUT2D eigenvalue weighted by atomic mass is 10.2. The van der Waals surface area contributed by atoms with E-state index in [1.807, 2.05) is 12.1 Å². The fourth-order valence-electron chi connectivity index (χ4n) is 1.99. The Balaban J connectivity index is 2.16. The predicted octanol–water partition coefficient (Wildman–Crippen LogP) is 2.80. The number of rotatable bonds is 3. The summed E-state index contributed by atoms with van der Waals surface area (Å²) in [6.07, 6.45) is 7.01. The highest BCUT2D eigenvalue weighted by Gasteiger charge is 2.07. The number of nitrogens with one attached hydrogen (secondary N) is 1. The second-order valence-corrected chi connectivity index (χ2v) is 4.71. The molecule has 0 bridgehead atoms. The van der Waals surface area contributed by atoms with Crippen LogP contribution in [0.15, 0.2) is 30.7 Å². The standard InChI is InChI=1S/C13H13N5S/c1-2-3-9-6-13(19)18-12(16-9)7-10(17-18)11-8-14-4-5-15-11/h4-8,17H,2-3H2,1H3. The van der Waals surface area contributed by atoms with Gasteiger partial charge >= 0.3 is 0 Å². The topological polar surface area (TPSA) is 58.9 Å². The van der Waals surface area contributed by atoms with Gasteiger partial charge in [-0.1, -0.05) is 25.6 Å². The third-order valence-corrected chi connectivity index (χ3v) is 3.15. The zero-order chi connectivity index (χ0) is 13.2. The minimum Gasteiger partial charge on any atom is -0.289 e. The number of hydrogen-bond acceptors (Lipinski definition) is 4. The van der Waals surface area contributed by atoms with Crippen molar-refractivity contribution in [2.75, 3.05) is 0 Å². The first kappa shape index (κ1) is 12.0. The van der Waals surface area contributed by atoms with Gasteiger partial charge in [-0.15, -0.1) is 0 Å². The summed E-state index contributed by atoms with van der Waals surface area (Å²) < 4.78 is 2.52. The summed E-state index contributed by atoms with van der Waals surface area (Å²) in [5, 5.41) is 3.20. The Morgan fingerprint density at radius 3 is 2.95 bits per heavy atom. The Hall–Kier alpha value is -2.08. The summed E-state index contributed by atoms with van der Waals surface area (Å²) in [7, 11) is 0. The molecule has 0 radical (unpaired) electrons. The molecule has 0 aliphatic heterocycles. The van der Waals surface area contributed by atoms with Crippen molar-refractivity contribution in [3.63, 3.8) is 0 Å². The van der Waals surface area contributed by atoms with Crippen molar-refractivity contribution in [1.29, 1.82) is 0 Å². The molecule has 6 heteroatoms. The minimum atomic E-state index is 0.726. The first-order valence-corrected chi connectivity index (χ1v) is 6.57. The van der Waals surface area contributed by atoms with Gasteiger partial charge in [0.2, 0.25) is 0 Å². The maximum atomic E-state index is 5.37. The first-order valence-electron chi connectivity index (χ1n) is 6.16. The highest BCUT2D eigenvalue weighted by molar-refractivity contribution is 7.71. The fourth-order valence-corrected chi connectivity index (χ4v) is 2.27. The van der Waals surface area contributed by atoms with E-state index in [0.717, 1.165) is 40.2 Å². The van der Waals surface area contributed by atoms with Crippen molar-refractivity contribution >= 4 is 17.9 Å². The molecule has 0 atom stereocenters. The van der Waals surface area contributed by atoms with E-state index in [1.165, 1.54) is 0 Å². The third-order valence-electron chi connectivity index (χ3n) is 2.85. The molecule has 0 amide bonds. The van der Waals surface area contributed by atoms with Crippen LogP contribution in [0.1, 0.15) is 19.0 Å². The van der Waals surface area contributed by atoms with Crippen LogP contribution in [0, 0.1) is 4.64 Å². The molecule has 3 rings (SSSR count). The van der Waals surface area contributed by atoms with Gasteiger partial charge in [-0.25, -0.2) is 9.50 Å². The lowest BCUT2D eigenvalue weighted by Gasteiger charge is -1.99. The fraction of sp³-hybridized carbons (Fsp3) is 0.231. The maximum absolute atomic E-state index is 5.37. The Morgan fingerprint density at radius 2 is 2.21 bits per heavy atom. The third kappa shape index (κ3) is 2.26. The van der Waals surface area contributed by atoms with Crippen LogP contribution in [0.2, 0.25) is 0 Å². The van der Waals surface area contributed by atoms with Crippen molar-refractivity contribution < 1.29 is 0 Å².